The summed E-state index contributed by atoms with van der Waals surface area (Å²) in [5.74, 6) is -1.63. The van der Waals surface area contributed by atoms with E-state index in [-0.39, 0.29) is 17.9 Å². The van der Waals surface area contributed by atoms with Gasteiger partial charge in [-0.25, -0.2) is 9.07 Å². The second-order valence-electron chi connectivity index (χ2n) is 4.27. The number of benzene rings is 1. The number of methoxy groups -OCH3 is 1. The molecule has 0 aliphatic rings. The van der Waals surface area contributed by atoms with Crippen LogP contribution in [0.5, 0.6) is 5.75 Å². The second-order valence-corrected chi connectivity index (χ2v) is 4.27. The van der Waals surface area contributed by atoms with Crippen LogP contribution in [0.2, 0.25) is 0 Å². The van der Waals surface area contributed by atoms with Crippen molar-refractivity contribution in [2.24, 2.45) is 5.92 Å². The first-order valence-electron chi connectivity index (χ1n) is 5.85. The minimum absolute atomic E-state index is 0.0587. The number of hydrogen-bond donors (Lipinski definition) is 1. The molecule has 0 saturated carbocycles. The molecule has 1 atom stereocenters. The summed E-state index contributed by atoms with van der Waals surface area (Å²) in [6.07, 6.45) is 0. The Balaban J connectivity index is 2.34. The smallest absolute Gasteiger partial charge is 0.308 e. The molecule has 7 nitrogen and oxygen atoms in total. The zero-order valence-corrected chi connectivity index (χ0v) is 10.9. The highest BCUT2D eigenvalue weighted by molar-refractivity contribution is 5.69. The van der Waals surface area contributed by atoms with Crippen molar-refractivity contribution < 1.29 is 19.0 Å². The van der Waals surface area contributed by atoms with E-state index in [0.717, 1.165) is 0 Å². The van der Waals surface area contributed by atoms with Crippen LogP contribution in [-0.2, 0) is 11.3 Å². The highest BCUT2D eigenvalue weighted by Crippen LogP contribution is 2.24. The largest absolute Gasteiger partial charge is 0.497 e. The maximum atomic E-state index is 14.0. The number of nitrogens with zero attached hydrogens (tertiary/aromatic N) is 4. The van der Waals surface area contributed by atoms with Crippen LogP contribution in [0.15, 0.2) is 18.2 Å². The monoisotopic (exact) mass is 280 g/mol. The van der Waals surface area contributed by atoms with Crippen molar-refractivity contribution in [1.29, 1.82) is 0 Å². The van der Waals surface area contributed by atoms with Gasteiger partial charge in [0.05, 0.1) is 25.1 Å². The molecule has 20 heavy (non-hydrogen) atoms. The summed E-state index contributed by atoms with van der Waals surface area (Å²) in [7, 11) is 1.44. The van der Waals surface area contributed by atoms with Crippen molar-refractivity contribution in [2.75, 3.05) is 7.11 Å². The Morgan fingerprint density at radius 1 is 1.55 bits per heavy atom. The molecule has 1 aromatic carbocycles. The fraction of sp³-hybridized carbons (Fsp3) is 0.333. The van der Waals surface area contributed by atoms with Crippen LogP contribution in [-0.4, -0.2) is 38.4 Å². The van der Waals surface area contributed by atoms with Gasteiger partial charge in [0.2, 0.25) is 0 Å². The summed E-state index contributed by atoms with van der Waals surface area (Å²) in [6.45, 7) is 1.58. The SMILES string of the molecule is COc1ccc(-c2nnnn2CC(C)C(=O)O)c(F)c1. The molecule has 8 heteroatoms. The number of carboxylic acid groups (broad SMARTS) is 1. The van der Waals surface area contributed by atoms with Gasteiger partial charge >= 0.3 is 5.97 Å². The topological polar surface area (TPSA) is 90.1 Å². The lowest BCUT2D eigenvalue weighted by molar-refractivity contribution is -0.141. The number of hydrogen-bond acceptors (Lipinski definition) is 5. The first-order chi connectivity index (χ1) is 9.52. The Kier molecular flexibility index (Phi) is 3.92. The van der Waals surface area contributed by atoms with Gasteiger partial charge in [-0.3, -0.25) is 4.79 Å². The fourth-order valence-corrected chi connectivity index (χ4v) is 1.66. The van der Waals surface area contributed by atoms with Gasteiger partial charge < -0.3 is 9.84 Å². The zero-order valence-electron chi connectivity index (χ0n) is 10.9. The Morgan fingerprint density at radius 3 is 2.90 bits per heavy atom. The third kappa shape index (κ3) is 2.73. The lowest BCUT2D eigenvalue weighted by Gasteiger charge is -2.09. The molecule has 2 rings (SSSR count). The number of aromatic nitrogens is 4. The van der Waals surface area contributed by atoms with Crippen LogP contribution >= 0.6 is 0 Å². The van der Waals surface area contributed by atoms with Crippen molar-refractivity contribution >= 4 is 5.97 Å². The summed E-state index contributed by atoms with van der Waals surface area (Å²) < 4.78 is 20.2. The molecule has 106 valence electrons. The fourth-order valence-electron chi connectivity index (χ4n) is 1.66. The van der Waals surface area contributed by atoms with E-state index in [4.69, 9.17) is 9.84 Å². The van der Waals surface area contributed by atoms with Gasteiger partial charge in [-0.15, -0.1) is 5.10 Å². The normalized spacial score (nSPS) is 12.2. The minimum atomic E-state index is -0.971. The van der Waals surface area contributed by atoms with Gasteiger partial charge in [0.25, 0.3) is 0 Å². The molecule has 1 heterocycles. The summed E-state index contributed by atoms with van der Waals surface area (Å²) in [6, 6.07) is 4.29. The molecule has 0 saturated heterocycles. The highest BCUT2D eigenvalue weighted by atomic mass is 19.1. The maximum absolute atomic E-state index is 14.0. The molecule has 0 bridgehead atoms. The van der Waals surface area contributed by atoms with Crippen molar-refractivity contribution in [1.82, 2.24) is 20.2 Å². The number of ether oxygens (including phenoxy) is 1. The molecule has 0 radical (unpaired) electrons. The average molecular weight is 280 g/mol. The first kappa shape index (κ1) is 13.9. The van der Waals surface area contributed by atoms with Crippen molar-refractivity contribution in [3.8, 4) is 17.1 Å². The Labute approximate surface area is 114 Å². The van der Waals surface area contributed by atoms with E-state index in [1.165, 1.54) is 30.8 Å². The number of carbonyl (C=O) groups is 1. The van der Waals surface area contributed by atoms with Crippen LogP contribution in [0.4, 0.5) is 4.39 Å². The molecular weight excluding hydrogens is 267 g/mol. The zero-order chi connectivity index (χ0) is 14.7. The summed E-state index contributed by atoms with van der Waals surface area (Å²) >= 11 is 0. The van der Waals surface area contributed by atoms with Gasteiger partial charge in [-0.1, -0.05) is 6.92 Å². The number of rotatable bonds is 5. The van der Waals surface area contributed by atoms with Gasteiger partial charge in [-0.2, -0.15) is 0 Å². The van der Waals surface area contributed by atoms with E-state index in [9.17, 15) is 9.18 Å². The van der Waals surface area contributed by atoms with Crippen LogP contribution in [0.3, 0.4) is 0 Å². The van der Waals surface area contributed by atoms with Gasteiger partial charge in [0.1, 0.15) is 11.6 Å². The second kappa shape index (κ2) is 5.64. The molecule has 2 aromatic rings. The molecule has 0 aliphatic carbocycles. The number of aliphatic carboxylic acids is 1. The molecule has 0 aliphatic heterocycles. The van der Waals surface area contributed by atoms with E-state index < -0.39 is 17.7 Å². The average Bonchev–Trinajstić information content (AvgIpc) is 2.86. The summed E-state index contributed by atoms with van der Waals surface area (Å²) in [4.78, 5) is 10.9. The van der Waals surface area contributed by atoms with Gasteiger partial charge in [-0.05, 0) is 22.6 Å². The number of carboxylic acids is 1. The van der Waals surface area contributed by atoms with Crippen LogP contribution in [0.1, 0.15) is 6.92 Å². The lowest BCUT2D eigenvalue weighted by Crippen LogP contribution is -2.18. The van der Waals surface area contributed by atoms with Crippen molar-refractivity contribution in [3.05, 3.63) is 24.0 Å². The Hall–Kier alpha value is -2.51. The lowest BCUT2D eigenvalue weighted by atomic mass is 10.1. The predicted octanol–water partition coefficient (Wildman–Crippen LogP) is 1.21. The molecule has 1 aromatic heterocycles. The van der Waals surface area contributed by atoms with E-state index in [1.54, 1.807) is 6.07 Å². The molecule has 0 spiro atoms. The maximum Gasteiger partial charge on any atom is 0.308 e. The van der Waals surface area contributed by atoms with E-state index in [1.807, 2.05) is 0 Å². The van der Waals surface area contributed by atoms with E-state index >= 15 is 0 Å². The minimum Gasteiger partial charge on any atom is -0.497 e. The third-order valence-electron chi connectivity index (χ3n) is 2.82. The Morgan fingerprint density at radius 2 is 2.30 bits per heavy atom. The summed E-state index contributed by atoms with van der Waals surface area (Å²) in [5, 5.41) is 19.8. The van der Waals surface area contributed by atoms with Crippen LogP contribution in [0, 0.1) is 11.7 Å². The van der Waals surface area contributed by atoms with Crippen LogP contribution in [0.25, 0.3) is 11.4 Å². The molecular formula is C12H13FN4O3. The Bertz CT molecular complexity index is 629. The van der Waals surface area contributed by atoms with Gasteiger partial charge in [0, 0.05) is 6.07 Å². The van der Waals surface area contributed by atoms with Crippen molar-refractivity contribution in [2.45, 2.75) is 13.5 Å². The molecule has 1 N–H and O–H groups in total. The summed E-state index contributed by atoms with van der Waals surface area (Å²) in [5.41, 5.74) is 0.188. The first-order valence-corrected chi connectivity index (χ1v) is 5.85. The molecule has 0 fully saturated rings. The standard InChI is InChI=1S/C12H13FN4O3/c1-7(12(18)19)6-17-11(14-15-16-17)9-4-3-8(20-2)5-10(9)13/h3-5,7H,6H2,1-2H3,(H,18,19). The highest BCUT2D eigenvalue weighted by Gasteiger charge is 2.18. The van der Waals surface area contributed by atoms with Crippen LogP contribution < -0.4 is 4.74 Å². The van der Waals surface area contributed by atoms with Gasteiger partial charge in [0.15, 0.2) is 5.82 Å². The third-order valence-corrected chi connectivity index (χ3v) is 2.82. The number of halogens is 1. The molecule has 1 unspecified atom stereocenters. The van der Waals surface area contributed by atoms with E-state index in [2.05, 4.69) is 15.5 Å². The predicted molar refractivity (Wildman–Crippen MR) is 66.6 cm³/mol. The van der Waals surface area contributed by atoms with Crippen molar-refractivity contribution in [3.63, 3.8) is 0 Å². The number of tetrazole rings is 1. The quantitative estimate of drug-likeness (QED) is 0.885. The molecule has 0 amide bonds. The van der Waals surface area contributed by atoms with E-state index in [0.29, 0.717) is 5.75 Å².